The Morgan fingerprint density at radius 3 is 2.31 bits per heavy atom. The van der Waals surface area contributed by atoms with Crippen LogP contribution in [0.15, 0.2) is 48.5 Å². The molecule has 0 spiro atoms. The first-order valence-electron chi connectivity index (χ1n) is 12.2. The number of benzene rings is 2. The van der Waals surface area contributed by atoms with E-state index < -0.39 is 12.1 Å². The molecule has 7 nitrogen and oxygen atoms in total. The van der Waals surface area contributed by atoms with Crippen molar-refractivity contribution in [3.05, 3.63) is 59.7 Å². The van der Waals surface area contributed by atoms with Crippen LogP contribution >= 0.6 is 11.8 Å². The second kappa shape index (κ2) is 12.1. The lowest BCUT2D eigenvalue weighted by atomic mass is 9.82. The number of carbonyl (C=O) groups is 3. The van der Waals surface area contributed by atoms with Gasteiger partial charge in [0.25, 0.3) is 0 Å². The average Bonchev–Trinajstić information content (AvgIpc) is 3.17. The summed E-state index contributed by atoms with van der Waals surface area (Å²) in [5.41, 5.74) is 4.72. The van der Waals surface area contributed by atoms with Gasteiger partial charge in [0.1, 0.15) is 6.61 Å². The number of aliphatic carboxylic acids is 1. The third-order valence-electron chi connectivity index (χ3n) is 6.78. The Hall–Kier alpha value is -3.00. The maximum absolute atomic E-state index is 12.3. The fourth-order valence-electron chi connectivity index (χ4n) is 5.15. The molecule has 1 fully saturated rings. The Kier molecular flexibility index (Phi) is 8.69. The monoisotopic (exact) mass is 496 g/mol. The van der Waals surface area contributed by atoms with Crippen molar-refractivity contribution in [2.45, 2.75) is 44.1 Å². The van der Waals surface area contributed by atoms with E-state index in [2.05, 4.69) is 34.9 Å². The van der Waals surface area contributed by atoms with Crippen molar-refractivity contribution in [3.8, 4) is 11.1 Å². The molecular weight excluding hydrogens is 464 g/mol. The van der Waals surface area contributed by atoms with E-state index in [0.717, 1.165) is 25.7 Å². The van der Waals surface area contributed by atoms with Crippen LogP contribution in [0.1, 0.15) is 49.1 Å². The second-order valence-electron chi connectivity index (χ2n) is 9.12. The molecule has 186 valence electrons. The molecule has 2 atom stereocenters. The standard InChI is InChI=1S/C27H32N2O5S/c30-25(29-24-12-6-1-7-18(24)15-26(31)32)17-35-14-13-28-27(33)34-16-23-21-10-4-2-8-19(21)20-9-3-5-11-22(20)23/h2-5,8-11,18,23-24H,1,6-7,12-17H2,(H,28,33)(H,29,30)(H,31,32). The first-order chi connectivity index (χ1) is 17.0. The molecule has 0 saturated heterocycles. The molecule has 2 aromatic rings. The first kappa shape index (κ1) is 25.1. The van der Waals surface area contributed by atoms with Crippen LogP contribution in [0.25, 0.3) is 11.1 Å². The molecular formula is C27H32N2O5S. The van der Waals surface area contributed by atoms with Crippen LogP contribution in [0.3, 0.4) is 0 Å². The molecule has 2 aliphatic rings. The predicted octanol–water partition coefficient (Wildman–Crippen LogP) is 4.41. The minimum absolute atomic E-state index is 0.00503. The molecule has 3 N–H and O–H groups in total. The smallest absolute Gasteiger partial charge is 0.407 e. The van der Waals surface area contributed by atoms with E-state index in [0.29, 0.717) is 12.3 Å². The number of amides is 2. The van der Waals surface area contributed by atoms with Crippen molar-refractivity contribution in [3.63, 3.8) is 0 Å². The number of rotatable bonds is 10. The summed E-state index contributed by atoms with van der Waals surface area (Å²) in [6.45, 7) is 0.675. The van der Waals surface area contributed by atoms with Gasteiger partial charge in [-0.15, -0.1) is 0 Å². The summed E-state index contributed by atoms with van der Waals surface area (Å²) in [5, 5.41) is 14.9. The zero-order valence-corrected chi connectivity index (χ0v) is 20.5. The summed E-state index contributed by atoms with van der Waals surface area (Å²) in [6, 6.07) is 16.4. The van der Waals surface area contributed by atoms with E-state index in [4.69, 9.17) is 9.84 Å². The maximum Gasteiger partial charge on any atom is 0.407 e. The number of fused-ring (bicyclic) bond motifs is 3. The Bertz CT molecular complexity index is 1010. The molecule has 2 aromatic carbocycles. The van der Waals surface area contributed by atoms with Crippen molar-refractivity contribution >= 4 is 29.7 Å². The lowest BCUT2D eigenvalue weighted by molar-refractivity contribution is -0.139. The van der Waals surface area contributed by atoms with Gasteiger partial charge in [0.05, 0.1) is 12.2 Å². The highest BCUT2D eigenvalue weighted by Gasteiger charge is 2.29. The van der Waals surface area contributed by atoms with Gasteiger partial charge in [0, 0.05) is 24.3 Å². The number of ether oxygens (including phenoxy) is 1. The zero-order chi connectivity index (χ0) is 24.6. The lowest BCUT2D eigenvalue weighted by Crippen LogP contribution is -2.43. The molecule has 2 unspecified atom stereocenters. The minimum Gasteiger partial charge on any atom is -0.481 e. The fourth-order valence-corrected chi connectivity index (χ4v) is 5.81. The molecule has 8 heteroatoms. The van der Waals surface area contributed by atoms with E-state index in [1.54, 1.807) is 0 Å². The van der Waals surface area contributed by atoms with Crippen LogP contribution < -0.4 is 10.6 Å². The summed E-state index contributed by atoms with van der Waals surface area (Å²) in [6.07, 6.45) is 3.34. The molecule has 0 aromatic heterocycles. The zero-order valence-electron chi connectivity index (χ0n) is 19.7. The van der Waals surface area contributed by atoms with E-state index in [1.165, 1.54) is 34.0 Å². The molecule has 35 heavy (non-hydrogen) atoms. The number of alkyl carbamates (subject to hydrolysis) is 1. The van der Waals surface area contributed by atoms with Crippen LogP contribution in [0, 0.1) is 5.92 Å². The summed E-state index contributed by atoms with van der Waals surface area (Å²) in [5.74, 6) is -0.00611. The minimum atomic E-state index is -0.815. The van der Waals surface area contributed by atoms with Crippen molar-refractivity contribution in [2.24, 2.45) is 5.92 Å². The van der Waals surface area contributed by atoms with E-state index in [9.17, 15) is 14.4 Å². The van der Waals surface area contributed by atoms with E-state index >= 15 is 0 Å². The van der Waals surface area contributed by atoms with E-state index in [-0.39, 0.29) is 42.6 Å². The Balaban J connectivity index is 1.14. The molecule has 2 aliphatic carbocycles. The maximum atomic E-state index is 12.3. The number of carboxylic acids is 1. The van der Waals surface area contributed by atoms with Gasteiger partial charge in [-0.05, 0) is 41.0 Å². The molecule has 1 saturated carbocycles. The normalized spacial score (nSPS) is 18.9. The first-order valence-corrected chi connectivity index (χ1v) is 13.4. The van der Waals surface area contributed by atoms with Crippen molar-refractivity contribution in [1.82, 2.24) is 10.6 Å². The predicted molar refractivity (Wildman–Crippen MR) is 137 cm³/mol. The summed E-state index contributed by atoms with van der Waals surface area (Å²) in [4.78, 5) is 35.6. The quantitative estimate of drug-likeness (QED) is 0.421. The van der Waals surface area contributed by atoms with Crippen molar-refractivity contribution in [1.29, 1.82) is 0 Å². The highest BCUT2D eigenvalue weighted by molar-refractivity contribution is 7.99. The topological polar surface area (TPSA) is 105 Å². The molecule has 0 aliphatic heterocycles. The van der Waals surface area contributed by atoms with Gasteiger partial charge in [0.15, 0.2) is 0 Å². The molecule has 0 bridgehead atoms. The van der Waals surface area contributed by atoms with Gasteiger partial charge in [0.2, 0.25) is 5.91 Å². The van der Waals surface area contributed by atoms with Crippen LogP contribution in [-0.2, 0) is 14.3 Å². The van der Waals surface area contributed by atoms with Gasteiger partial charge in [-0.3, -0.25) is 9.59 Å². The summed E-state index contributed by atoms with van der Waals surface area (Å²) in [7, 11) is 0. The summed E-state index contributed by atoms with van der Waals surface area (Å²) < 4.78 is 5.52. The van der Waals surface area contributed by atoms with Gasteiger partial charge < -0.3 is 20.5 Å². The molecule has 4 rings (SSSR count). The lowest BCUT2D eigenvalue weighted by Gasteiger charge is -2.31. The van der Waals surface area contributed by atoms with Crippen molar-refractivity contribution in [2.75, 3.05) is 24.7 Å². The third kappa shape index (κ3) is 6.57. The van der Waals surface area contributed by atoms with Gasteiger partial charge in [-0.25, -0.2) is 4.79 Å². The number of hydrogen-bond acceptors (Lipinski definition) is 5. The Morgan fingerprint density at radius 2 is 1.63 bits per heavy atom. The highest BCUT2D eigenvalue weighted by Crippen LogP contribution is 2.44. The number of thioether (sulfide) groups is 1. The van der Waals surface area contributed by atoms with Gasteiger partial charge in [-0.1, -0.05) is 61.4 Å². The van der Waals surface area contributed by atoms with Crippen LogP contribution in [-0.4, -0.2) is 53.8 Å². The highest BCUT2D eigenvalue weighted by atomic mass is 32.2. The molecule has 0 radical (unpaired) electrons. The van der Waals surface area contributed by atoms with Gasteiger partial charge in [-0.2, -0.15) is 11.8 Å². The number of carbonyl (C=O) groups excluding carboxylic acids is 2. The molecule has 0 heterocycles. The molecule has 2 amide bonds. The SMILES string of the molecule is O=C(O)CC1CCCCC1NC(=O)CSCCNC(=O)OCC1c2ccccc2-c2ccccc21. The average molecular weight is 497 g/mol. The Labute approximate surface area is 210 Å². The van der Waals surface area contributed by atoms with Crippen LogP contribution in [0.2, 0.25) is 0 Å². The fraction of sp³-hybridized carbons (Fsp3) is 0.444. The number of carboxylic acid groups (broad SMARTS) is 1. The van der Waals surface area contributed by atoms with Crippen LogP contribution in [0.5, 0.6) is 0 Å². The Morgan fingerprint density at radius 1 is 0.971 bits per heavy atom. The third-order valence-corrected chi connectivity index (χ3v) is 7.74. The second-order valence-corrected chi connectivity index (χ2v) is 10.2. The van der Waals surface area contributed by atoms with Crippen molar-refractivity contribution < 1.29 is 24.2 Å². The number of nitrogens with one attached hydrogen (secondary N) is 2. The largest absolute Gasteiger partial charge is 0.481 e. The van der Waals surface area contributed by atoms with E-state index in [1.807, 2.05) is 24.3 Å². The summed E-state index contributed by atoms with van der Waals surface area (Å²) >= 11 is 1.43. The number of hydrogen-bond donors (Lipinski definition) is 3. The van der Waals surface area contributed by atoms with Gasteiger partial charge >= 0.3 is 12.1 Å². The van der Waals surface area contributed by atoms with Crippen LogP contribution in [0.4, 0.5) is 4.79 Å².